The van der Waals surface area contributed by atoms with Crippen LogP contribution >= 0.6 is 0 Å². The summed E-state index contributed by atoms with van der Waals surface area (Å²) >= 11 is 0. The van der Waals surface area contributed by atoms with Crippen molar-refractivity contribution in [3.8, 4) is 22.6 Å². The molecule has 4 aromatic rings. The number of para-hydroxylation sites is 1. The first-order chi connectivity index (χ1) is 17.5. The van der Waals surface area contributed by atoms with E-state index < -0.39 is 22.9 Å². The third-order valence-corrected chi connectivity index (χ3v) is 6.61. The summed E-state index contributed by atoms with van der Waals surface area (Å²) in [6, 6.07) is 21.8. The third-order valence-electron chi connectivity index (χ3n) is 6.61. The molecule has 0 radical (unpaired) electrons. The monoisotopic (exact) mass is 481 g/mol. The quantitative estimate of drug-likeness (QED) is 0.483. The minimum atomic E-state index is -1.57. The first-order valence-electron chi connectivity index (χ1n) is 11.5. The van der Waals surface area contributed by atoms with Gasteiger partial charge in [0, 0.05) is 30.5 Å². The number of amides is 2. The highest BCUT2D eigenvalue weighted by molar-refractivity contribution is 6.08. The minimum Gasteiger partial charge on any atom is -0.348 e. The van der Waals surface area contributed by atoms with Gasteiger partial charge in [0.25, 0.3) is 11.5 Å². The van der Waals surface area contributed by atoms with Crippen molar-refractivity contribution >= 4 is 17.5 Å². The average molecular weight is 481 g/mol. The second-order valence-corrected chi connectivity index (χ2v) is 8.74. The number of benzene rings is 3. The van der Waals surface area contributed by atoms with E-state index in [-0.39, 0.29) is 36.8 Å². The number of hydrogen-bond acceptors (Lipinski definition) is 5. The van der Waals surface area contributed by atoms with Crippen LogP contribution in [0.4, 0.5) is 10.1 Å². The smallest absolute Gasteiger partial charge is 0.300 e. The highest BCUT2D eigenvalue weighted by atomic mass is 19.1. The molecule has 3 heterocycles. The van der Waals surface area contributed by atoms with E-state index in [1.165, 1.54) is 21.7 Å². The van der Waals surface area contributed by atoms with E-state index in [2.05, 4.69) is 15.4 Å². The summed E-state index contributed by atoms with van der Waals surface area (Å²) in [5, 5.41) is 7.51. The Hall–Kier alpha value is -4.66. The number of carbonyl (C=O) groups is 2. The summed E-state index contributed by atoms with van der Waals surface area (Å²) in [6.45, 7) is 0.0521. The molecule has 3 aromatic carbocycles. The van der Waals surface area contributed by atoms with Crippen LogP contribution in [0, 0.1) is 5.82 Å². The number of halogens is 1. The van der Waals surface area contributed by atoms with Gasteiger partial charge in [0.15, 0.2) is 11.5 Å². The lowest BCUT2D eigenvalue weighted by Crippen LogP contribution is -2.61. The highest BCUT2D eigenvalue weighted by Crippen LogP contribution is 2.48. The molecule has 2 amide bonds. The molecule has 9 heteroatoms. The summed E-state index contributed by atoms with van der Waals surface area (Å²) in [6.07, 6.45) is 0.240. The Bertz CT molecular complexity index is 1590. The van der Waals surface area contributed by atoms with Gasteiger partial charge in [-0.1, -0.05) is 54.6 Å². The zero-order valence-electron chi connectivity index (χ0n) is 19.0. The fourth-order valence-electron chi connectivity index (χ4n) is 4.98. The van der Waals surface area contributed by atoms with E-state index >= 15 is 0 Å². The summed E-state index contributed by atoms with van der Waals surface area (Å²) in [5.74, 6) is -0.937. The molecule has 0 spiro atoms. The maximum absolute atomic E-state index is 13.9. The van der Waals surface area contributed by atoms with Gasteiger partial charge in [0.1, 0.15) is 5.82 Å². The first-order valence-corrected chi connectivity index (χ1v) is 11.5. The van der Waals surface area contributed by atoms with Crippen molar-refractivity contribution in [2.75, 3.05) is 4.90 Å². The summed E-state index contributed by atoms with van der Waals surface area (Å²) in [5.41, 5.74) is 0.120. The molecule has 6 rings (SSSR count). The molecule has 0 bridgehead atoms. The van der Waals surface area contributed by atoms with Crippen molar-refractivity contribution in [1.29, 1.82) is 0 Å². The molecule has 0 aliphatic carbocycles. The van der Waals surface area contributed by atoms with Gasteiger partial charge in [-0.2, -0.15) is 10.1 Å². The molecule has 2 aliphatic heterocycles. The van der Waals surface area contributed by atoms with Crippen LogP contribution in [0.3, 0.4) is 0 Å². The third kappa shape index (κ3) is 3.24. The van der Waals surface area contributed by atoms with Crippen molar-refractivity contribution in [3.63, 3.8) is 0 Å². The maximum atomic E-state index is 13.9. The minimum absolute atomic E-state index is 0.0521. The lowest BCUT2D eigenvalue weighted by molar-refractivity contribution is -0.132. The van der Waals surface area contributed by atoms with E-state index in [0.29, 0.717) is 22.4 Å². The van der Waals surface area contributed by atoms with Crippen molar-refractivity contribution in [3.05, 3.63) is 101 Å². The van der Waals surface area contributed by atoms with Crippen LogP contribution in [0.15, 0.2) is 83.7 Å². The first kappa shape index (κ1) is 21.8. The Labute approximate surface area is 205 Å². The van der Waals surface area contributed by atoms with E-state index in [1.807, 2.05) is 6.07 Å². The molecule has 36 heavy (non-hydrogen) atoms. The Morgan fingerprint density at radius 1 is 1.00 bits per heavy atom. The average Bonchev–Trinajstić information content (AvgIpc) is 3.26. The lowest BCUT2D eigenvalue weighted by Gasteiger charge is -2.42. The van der Waals surface area contributed by atoms with Crippen LogP contribution in [0.25, 0.3) is 22.6 Å². The Kier molecular flexibility index (Phi) is 4.99. The van der Waals surface area contributed by atoms with E-state index in [0.717, 1.165) is 0 Å². The molecule has 1 atom stereocenters. The van der Waals surface area contributed by atoms with E-state index in [1.54, 1.807) is 60.7 Å². The van der Waals surface area contributed by atoms with E-state index in [9.17, 15) is 18.8 Å². The Balaban J connectivity index is 1.54. The second-order valence-electron chi connectivity index (χ2n) is 8.74. The number of hydrogen-bond donors (Lipinski definition) is 1. The van der Waals surface area contributed by atoms with Crippen LogP contribution in [-0.2, 0) is 21.8 Å². The molecule has 1 fully saturated rings. The van der Waals surface area contributed by atoms with Gasteiger partial charge in [-0.15, -0.1) is 0 Å². The van der Waals surface area contributed by atoms with Gasteiger partial charge in [0.2, 0.25) is 11.6 Å². The van der Waals surface area contributed by atoms with Gasteiger partial charge in [0.05, 0.1) is 5.69 Å². The number of anilines is 1. The SMILES string of the molecule is O=C1CC[C@@]2(C(=O)NCc3cccc(F)c3)N1c1ccccc1-c1nc(=O)c(-c3ccccc3)nn12. The molecule has 178 valence electrons. The highest BCUT2D eigenvalue weighted by Gasteiger charge is 2.58. The van der Waals surface area contributed by atoms with Gasteiger partial charge >= 0.3 is 0 Å². The van der Waals surface area contributed by atoms with Crippen LogP contribution in [-0.4, -0.2) is 26.6 Å². The summed E-state index contributed by atoms with van der Waals surface area (Å²) in [7, 11) is 0. The van der Waals surface area contributed by atoms with Gasteiger partial charge < -0.3 is 5.32 Å². The predicted octanol–water partition coefficient (Wildman–Crippen LogP) is 3.22. The zero-order valence-corrected chi connectivity index (χ0v) is 19.0. The molecular weight excluding hydrogens is 461 g/mol. The largest absolute Gasteiger partial charge is 0.348 e. The summed E-state index contributed by atoms with van der Waals surface area (Å²) < 4.78 is 15.1. The van der Waals surface area contributed by atoms with Crippen LogP contribution in [0.1, 0.15) is 18.4 Å². The Morgan fingerprint density at radius 3 is 2.58 bits per heavy atom. The van der Waals surface area contributed by atoms with Crippen molar-refractivity contribution in [2.45, 2.75) is 25.0 Å². The van der Waals surface area contributed by atoms with Crippen LogP contribution < -0.4 is 15.8 Å². The number of carbonyl (C=O) groups excluding carboxylic acids is 2. The fraction of sp³-hybridized carbons (Fsp3) is 0.148. The standard InChI is InChI=1S/C27H20FN5O3/c28-19-10-6-7-17(15-19)16-29-26(36)27-14-13-22(34)32(27)21-12-5-4-11-20(21)24-30-25(35)23(31-33(24)27)18-8-2-1-3-9-18/h1-12,15H,13-14,16H2,(H,29,36)/t27-/m1/s1. The van der Waals surface area contributed by atoms with Crippen molar-refractivity contribution in [2.24, 2.45) is 0 Å². The number of rotatable bonds is 4. The lowest BCUT2D eigenvalue weighted by atomic mass is 9.98. The molecule has 8 nitrogen and oxygen atoms in total. The topological polar surface area (TPSA) is 97.2 Å². The van der Waals surface area contributed by atoms with Crippen molar-refractivity contribution in [1.82, 2.24) is 20.1 Å². The van der Waals surface area contributed by atoms with Gasteiger partial charge in [-0.25, -0.2) is 9.07 Å². The second kappa shape index (κ2) is 8.23. The summed E-state index contributed by atoms with van der Waals surface area (Å²) in [4.78, 5) is 46.0. The molecule has 0 saturated carbocycles. The number of nitrogens with one attached hydrogen (secondary N) is 1. The number of aromatic nitrogens is 3. The zero-order chi connectivity index (χ0) is 24.9. The molecule has 0 unspecified atom stereocenters. The van der Waals surface area contributed by atoms with E-state index in [4.69, 9.17) is 0 Å². The van der Waals surface area contributed by atoms with Gasteiger partial charge in [-0.05, 0) is 29.8 Å². The molecule has 1 saturated heterocycles. The molecule has 2 aliphatic rings. The maximum Gasteiger partial charge on any atom is 0.300 e. The molecular formula is C27H20FN5O3. The molecule has 1 N–H and O–H groups in total. The van der Waals surface area contributed by atoms with Crippen LogP contribution in [0.5, 0.6) is 0 Å². The fourth-order valence-corrected chi connectivity index (χ4v) is 4.98. The van der Waals surface area contributed by atoms with Crippen LogP contribution in [0.2, 0.25) is 0 Å². The van der Waals surface area contributed by atoms with Gasteiger partial charge in [-0.3, -0.25) is 19.3 Å². The predicted molar refractivity (Wildman–Crippen MR) is 130 cm³/mol. The molecule has 1 aromatic heterocycles. The number of nitrogens with zero attached hydrogens (tertiary/aromatic N) is 4. The Morgan fingerprint density at radius 2 is 1.78 bits per heavy atom. The number of fused-ring (bicyclic) bond motifs is 6. The normalized spacial score (nSPS) is 17.8. The van der Waals surface area contributed by atoms with Crippen molar-refractivity contribution < 1.29 is 14.0 Å².